The van der Waals surface area contributed by atoms with Gasteiger partial charge in [-0.25, -0.2) is 0 Å². The Kier molecular flexibility index (Phi) is 3.70. The number of ketones is 1. The highest BCUT2D eigenvalue weighted by Gasteiger charge is 2.20. The SMILES string of the molecule is O=C1CCCN(Cc2ccncc2Cl)c2ccccc21. The number of para-hydroxylation sites is 1. The van der Waals surface area contributed by atoms with Crippen molar-refractivity contribution in [2.45, 2.75) is 19.4 Å². The molecule has 0 saturated heterocycles. The highest BCUT2D eigenvalue weighted by atomic mass is 35.5. The van der Waals surface area contributed by atoms with E-state index in [4.69, 9.17) is 11.6 Å². The fraction of sp³-hybridized carbons (Fsp3) is 0.250. The summed E-state index contributed by atoms with van der Waals surface area (Å²) in [4.78, 5) is 18.3. The molecule has 0 radical (unpaired) electrons. The first-order chi connectivity index (χ1) is 9.75. The summed E-state index contributed by atoms with van der Waals surface area (Å²) >= 11 is 6.18. The molecule has 2 heterocycles. The Morgan fingerprint density at radius 3 is 2.95 bits per heavy atom. The van der Waals surface area contributed by atoms with Crippen LogP contribution in [0, 0.1) is 0 Å². The van der Waals surface area contributed by atoms with Gasteiger partial charge >= 0.3 is 0 Å². The lowest BCUT2D eigenvalue weighted by Gasteiger charge is -2.25. The van der Waals surface area contributed by atoms with Gasteiger partial charge in [0.2, 0.25) is 0 Å². The van der Waals surface area contributed by atoms with Crippen molar-refractivity contribution in [2.24, 2.45) is 0 Å². The van der Waals surface area contributed by atoms with Crippen LogP contribution in [0.3, 0.4) is 0 Å². The summed E-state index contributed by atoms with van der Waals surface area (Å²) in [6.45, 7) is 1.56. The number of halogens is 1. The van der Waals surface area contributed by atoms with E-state index in [-0.39, 0.29) is 5.78 Å². The van der Waals surface area contributed by atoms with Gasteiger partial charge in [0.05, 0.1) is 5.02 Å². The fourth-order valence-corrected chi connectivity index (χ4v) is 2.75. The Balaban J connectivity index is 1.96. The third kappa shape index (κ3) is 2.54. The normalized spacial score (nSPS) is 14.8. The Bertz CT molecular complexity index is 642. The van der Waals surface area contributed by atoms with Crippen molar-refractivity contribution in [1.82, 2.24) is 4.98 Å². The zero-order chi connectivity index (χ0) is 13.9. The summed E-state index contributed by atoms with van der Waals surface area (Å²) in [5.41, 5.74) is 2.85. The van der Waals surface area contributed by atoms with Crippen LogP contribution in [0.1, 0.15) is 28.8 Å². The first-order valence-electron chi connectivity index (χ1n) is 6.71. The zero-order valence-corrected chi connectivity index (χ0v) is 11.8. The summed E-state index contributed by atoms with van der Waals surface area (Å²) in [5.74, 6) is 0.226. The molecule has 0 aliphatic carbocycles. The quantitative estimate of drug-likeness (QED) is 0.843. The molecule has 0 atom stereocenters. The number of carbonyl (C=O) groups excluding carboxylic acids is 1. The van der Waals surface area contributed by atoms with Gasteiger partial charge in [0.25, 0.3) is 0 Å². The van der Waals surface area contributed by atoms with Gasteiger partial charge in [-0.15, -0.1) is 0 Å². The Hall–Kier alpha value is -1.87. The molecule has 0 amide bonds. The standard InChI is InChI=1S/C16H15ClN2O/c17-14-10-18-8-7-12(14)11-19-9-3-6-16(20)13-4-1-2-5-15(13)19/h1-2,4-5,7-8,10H,3,6,9,11H2. The molecule has 1 aliphatic heterocycles. The molecule has 0 fully saturated rings. The van der Waals surface area contributed by atoms with Gasteiger partial charge < -0.3 is 4.90 Å². The molecule has 1 aromatic carbocycles. The molecule has 3 rings (SSSR count). The smallest absolute Gasteiger partial charge is 0.165 e. The highest BCUT2D eigenvalue weighted by Crippen LogP contribution is 2.28. The molecular weight excluding hydrogens is 272 g/mol. The number of pyridine rings is 1. The molecule has 0 N–H and O–H groups in total. The van der Waals surface area contributed by atoms with Crippen LogP contribution in [0.15, 0.2) is 42.7 Å². The minimum Gasteiger partial charge on any atom is -0.367 e. The molecule has 0 unspecified atom stereocenters. The molecule has 1 aromatic heterocycles. The Morgan fingerprint density at radius 2 is 2.10 bits per heavy atom. The van der Waals surface area contributed by atoms with Crippen LogP contribution in [0.4, 0.5) is 5.69 Å². The molecule has 4 heteroatoms. The van der Waals surface area contributed by atoms with E-state index < -0.39 is 0 Å². The van der Waals surface area contributed by atoms with E-state index in [1.54, 1.807) is 12.4 Å². The third-order valence-electron chi connectivity index (χ3n) is 3.59. The van der Waals surface area contributed by atoms with E-state index in [0.717, 1.165) is 29.8 Å². The third-order valence-corrected chi connectivity index (χ3v) is 3.93. The number of carbonyl (C=O) groups is 1. The van der Waals surface area contributed by atoms with Gasteiger partial charge in [-0.05, 0) is 30.2 Å². The van der Waals surface area contributed by atoms with Crippen molar-refractivity contribution in [3.63, 3.8) is 0 Å². The van der Waals surface area contributed by atoms with Crippen molar-refractivity contribution in [3.05, 3.63) is 58.9 Å². The fourth-order valence-electron chi connectivity index (χ4n) is 2.57. The maximum atomic E-state index is 12.1. The van der Waals surface area contributed by atoms with Crippen molar-refractivity contribution in [3.8, 4) is 0 Å². The van der Waals surface area contributed by atoms with Crippen LogP contribution < -0.4 is 4.90 Å². The summed E-state index contributed by atoms with van der Waals surface area (Å²) in [6, 6.07) is 9.73. The van der Waals surface area contributed by atoms with Crippen molar-refractivity contribution in [2.75, 3.05) is 11.4 Å². The molecule has 0 saturated carbocycles. The molecular formula is C16H15ClN2O. The molecule has 1 aliphatic rings. The molecule has 0 bridgehead atoms. The van der Waals surface area contributed by atoms with Gasteiger partial charge in [0, 0.05) is 43.2 Å². The van der Waals surface area contributed by atoms with E-state index in [9.17, 15) is 4.79 Å². The number of hydrogen-bond donors (Lipinski definition) is 0. The van der Waals surface area contributed by atoms with Crippen LogP contribution in [0.5, 0.6) is 0 Å². The van der Waals surface area contributed by atoms with E-state index in [1.165, 1.54) is 0 Å². The van der Waals surface area contributed by atoms with Crippen molar-refractivity contribution in [1.29, 1.82) is 0 Å². The van der Waals surface area contributed by atoms with Crippen molar-refractivity contribution < 1.29 is 4.79 Å². The van der Waals surface area contributed by atoms with Gasteiger partial charge in [-0.1, -0.05) is 23.7 Å². The van der Waals surface area contributed by atoms with Gasteiger partial charge in [0.1, 0.15) is 0 Å². The molecule has 3 nitrogen and oxygen atoms in total. The first-order valence-corrected chi connectivity index (χ1v) is 7.09. The minimum atomic E-state index is 0.226. The Labute approximate surface area is 123 Å². The summed E-state index contributed by atoms with van der Waals surface area (Å²) in [7, 11) is 0. The lowest BCUT2D eigenvalue weighted by atomic mass is 10.1. The minimum absolute atomic E-state index is 0.226. The Morgan fingerprint density at radius 1 is 1.25 bits per heavy atom. The van der Waals surface area contributed by atoms with Crippen LogP contribution in [-0.4, -0.2) is 17.3 Å². The number of rotatable bonds is 2. The predicted molar refractivity (Wildman–Crippen MR) is 80.3 cm³/mol. The second-order valence-electron chi connectivity index (χ2n) is 4.93. The number of nitrogens with zero attached hydrogens (tertiary/aromatic N) is 2. The average Bonchev–Trinajstić information content (AvgIpc) is 2.62. The summed E-state index contributed by atoms with van der Waals surface area (Å²) in [5, 5.41) is 0.667. The van der Waals surface area contributed by atoms with Crippen LogP contribution in [-0.2, 0) is 6.54 Å². The van der Waals surface area contributed by atoms with Crippen LogP contribution >= 0.6 is 11.6 Å². The van der Waals surface area contributed by atoms with Crippen LogP contribution in [0.2, 0.25) is 5.02 Å². The van der Waals surface area contributed by atoms with Gasteiger partial charge in [-0.2, -0.15) is 0 Å². The number of Topliss-reactive ketones (excluding diaryl/α,β-unsaturated/α-hetero) is 1. The second kappa shape index (κ2) is 5.63. The maximum Gasteiger partial charge on any atom is 0.165 e. The van der Waals surface area contributed by atoms with Crippen LogP contribution in [0.25, 0.3) is 0 Å². The number of hydrogen-bond acceptors (Lipinski definition) is 3. The molecule has 2 aromatic rings. The largest absolute Gasteiger partial charge is 0.367 e. The molecule has 102 valence electrons. The lowest BCUT2D eigenvalue weighted by Crippen LogP contribution is -2.23. The van der Waals surface area contributed by atoms with Crippen molar-refractivity contribution >= 4 is 23.1 Å². The summed E-state index contributed by atoms with van der Waals surface area (Å²) in [6.07, 6.45) is 4.88. The van der Waals surface area contributed by atoms with Gasteiger partial charge in [0.15, 0.2) is 5.78 Å². The predicted octanol–water partition coefficient (Wildman–Crippen LogP) is 3.72. The lowest BCUT2D eigenvalue weighted by molar-refractivity contribution is 0.0984. The molecule has 20 heavy (non-hydrogen) atoms. The number of aromatic nitrogens is 1. The van der Waals surface area contributed by atoms with E-state index in [1.807, 2.05) is 30.3 Å². The van der Waals surface area contributed by atoms with E-state index in [0.29, 0.717) is 18.0 Å². The number of anilines is 1. The number of fused-ring (bicyclic) bond motifs is 1. The summed E-state index contributed by atoms with van der Waals surface area (Å²) < 4.78 is 0. The highest BCUT2D eigenvalue weighted by molar-refractivity contribution is 6.31. The molecule has 0 spiro atoms. The average molecular weight is 287 g/mol. The zero-order valence-electron chi connectivity index (χ0n) is 11.1. The monoisotopic (exact) mass is 286 g/mol. The second-order valence-corrected chi connectivity index (χ2v) is 5.34. The number of benzene rings is 1. The maximum absolute atomic E-state index is 12.1. The topological polar surface area (TPSA) is 33.2 Å². The first kappa shape index (κ1) is 13.1. The van der Waals surface area contributed by atoms with Gasteiger partial charge in [-0.3, -0.25) is 9.78 Å². The van der Waals surface area contributed by atoms with E-state index in [2.05, 4.69) is 9.88 Å². The van der Waals surface area contributed by atoms with E-state index >= 15 is 0 Å².